The van der Waals surface area contributed by atoms with Crippen molar-refractivity contribution in [3.63, 3.8) is 0 Å². The van der Waals surface area contributed by atoms with Crippen LogP contribution in [0.15, 0.2) is 22.7 Å². The van der Waals surface area contributed by atoms with E-state index >= 15 is 0 Å². The Hall–Kier alpha value is -1.05. The fourth-order valence-electron chi connectivity index (χ4n) is 2.10. The van der Waals surface area contributed by atoms with Crippen LogP contribution in [0, 0.1) is 11.3 Å². The van der Waals surface area contributed by atoms with Crippen LogP contribution in [0.4, 0.5) is 5.69 Å². The molecule has 1 aromatic carbocycles. The van der Waals surface area contributed by atoms with Crippen LogP contribution < -0.4 is 4.90 Å². The van der Waals surface area contributed by atoms with E-state index < -0.39 is 0 Å². The summed E-state index contributed by atoms with van der Waals surface area (Å²) in [4.78, 5) is 2.32. The van der Waals surface area contributed by atoms with Gasteiger partial charge in [-0.15, -0.1) is 0 Å². The maximum atomic E-state index is 8.86. The Morgan fingerprint density at radius 1 is 1.47 bits per heavy atom. The maximum Gasteiger partial charge on any atom is 0.0992 e. The Morgan fingerprint density at radius 3 is 2.82 bits per heavy atom. The number of nitrogens with zero attached hydrogens (tertiary/aromatic N) is 2. The van der Waals surface area contributed by atoms with E-state index in [-0.39, 0.29) is 5.54 Å². The van der Waals surface area contributed by atoms with Crippen molar-refractivity contribution in [3.05, 3.63) is 28.2 Å². The minimum atomic E-state index is -0.0189. The number of rotatable bonds is 1. The van der Waals surface area contributed by atoms with Gasteiger partial charge in [-0.1, -0.05) is 0 Å². The summed E-state index contributed by atoms with van der Waals surface area (Å²) in [6.45, 7) is 6.67. The molecule has 0 aromatic heterocycles. The first-order valence-electron chi connectivity index (χ1n) is 5.59. The third kappa shape index (κ3) is 2.46. The van der Waals surface area contributed by atoms with Crippen LogP contribution in [0.3, 0.4) is 0 Å². The number of hydrogen-bond acceptors (Lipinski definition) is 3. The van der Waals surface area contributed by atoms with Crippen molar-refractivity contribution in [1.29, 1.82) is 5.26 Å². The Kier molecular flexibility index (Phi) is 3.41. The molecule has 2 rings (SSSR count). The molecule has 1 saturated heterocycles. The first-order valence-corrected chi connectivity index (χ1v) is 6.39. The Labute approximate surface area is 110 Å². The van der Waals surface area contributed by atoms with Gasteiger partial charge in [0.05, 0.1) is 36.1 Å². The van der Waals surface area contributed by atoms with Crippen molar-refractivity contribution >= 4 is 21.6 Å². The van der Waals surface area contributed by atoms with Crippen LogP contribution >= 0.6 is 15.9 Å². The number of morpholine rings is 1. The van der Waals surface area contributed by atoms with Crippen LogP contribution in [-0.4, -0.2) is 25.3 Å². The van der Waals surface area contributed by atoms with E-state index in [9.17, 15) is 0 Å². The first kappa shape index (κ1) is 12.4. The highest BCUT2D eigenvalue weighted by Crippen LogP contribution is 2.33. The molecule has 90 valence electrons. The topological polar surface area (TPSA) is 36.3 Å². The Balaban J connectivity index is 2.36. The summed E-state index contributed by atoms with van der Waals surface area (Å²) in [7, 11) is 0. The van der Waals surface area contributed by atoms with Gasteiger partial charge in [-0.05, 0) is 48.0 Å². The van der Waals surface area contributed by atoms with Gasteiger partial charge >= 0.3 is 0 Å². The highest BCUT2D eigenvalue weighted by Gasteiger charge is 2.31. The number of benzene rings is 1. The predicted octanol–water partition coefficient (Wildman–Crippen LogP) is 2.94. The van der Waals surface area contributed by atoms with Crippen LogP contribution in [0.5, 0.6) is 0 Å². The molecule has 1 aromatic rings. The zero-order chi connectivity index (χ0) is 12.5. The van der Waals surface area contributed by atoms with E-state index in [1.54, 1.807) is 0 Å². The number of anilines is 1. The minimum absolute atomic E-state index is 0.0189. The SMILES string of the molecule is CC1(C)COCCN1c1ccc(C#N)cc1Br. The molecule has 0 unspecified atom stereocenters. The van der Waals surface area contributed by atoms with E-state index in [1.165, 1.54) is 0 Å². The third-order valence-electron chi connectivity index (χ3n) is 3.01. The van der Waals surface area contributed by atoms with Crippen molar-refractivity contribution in [1.82, 2.24) is 0 Å². The first-order chi connectivity index (χ1) is 8.04. The molecule has 0 amide bonds. The van der Waals surface area contributed by atoms with Gasteiger partial charge in [0.15, 0.2) is 0 Å². The van der Waals surface area contributed by atoms with Gasteiger partial charge < -0.3 is 9.64 Å². The number of halogens is 1. The van der Waals surface area contributed by atoms with E-state index in [4.69, 9.17) is 10.00 Å². The van der Waals surface area contributed by atoms with Gasteiger partial charge in [-0.25, -0.2) is 0 Å². The molecule has 1 aliphatic heterocycles. The average Bonchev–Trinajstić information content (AvgIpc) is 2.29. The monoisotopic (exact) mass is 294 g/mol. The summed E-state index contributed by atoms with van der Waals surface area (Å²) in [5, 5.41) is 8.86. The summed E-state index contributed by atoms with van der Waals surface area (Å²) in [5.41, 5.74) is 1.78. The minimum Gasteiger partial charge on any atom is -0.377 e. The van der Waals surface area contributed by atoms with Crippen molar-refractivity contribution in [2.45, 2.75) is 19.4 Å². The Bertz CT molecular complexity index is 465. The van der Waals surface area contributed by atoms with Crippen molar-refractivity contribution < 1.29 is 4.74 Å². The van der Waals surface area contributed by atoms with E-state index in [0.717, 1.165) is 29.9 Å². The molecule has 0 spiro atoms. The van der Waals surface area contributed by atoms with Crippen molar-refractivity contribution in [2.24, 2.45) is 0 Å². The van der Waals surface area contributed by atoms with E-state index in [2.05, 4.69) is 40.7 Å². The number of ether oxygens (including phenoxy) is 1. The second kappa shape index (κ2) is 4.67. The largest absolute Gasteiger partial charge is 0.377 e. The van der Waals surface area contributed by atoms with Crippen LogP contribution in [0.1, 0.15) is 19.4 Å². The molecular weight excluding hydrogens is 280 g/mol. The zero-order valence-corrected chi connectivity index (χ0v) is 11.6. The summed E-state index contributed by atoms with van der Waals surface area (Å²) in [5.74, 6) is 0. The average molecular weight is 295 g/mol. The maximum absolute atomic E-state index is 8.86. The van der Waals surface area contributed by atoms with Crippen LogP contribution in [0.25, 0.3) is 0 Å². The highest BCUT2D eigenvalue weighted by molar-refractivity contribution is 9.10. The summed E-state index contributed by atoms with van der Waals surface area (Å²) in [6.07, 6.45) is 0. The molecule has 3 nitrogen and oxygen atoms in total. The molecule has 17 heavy (non-hydrogen) atoms. The molecule has 0 saturated carbocycles. The standard InChI is InChI=1S/C13H15BrN2O/c1-13(2)9-17-6-5-16(13)12-4-3-10(8-15)7-11(12)14/h3-4,7H,5-6,9H2,1-2H3. The normalized spacial score (nSPS) is 18.8. The summed E-state index contributed by atoms with van der Waals surface area (Å²) >= 11 is 3.54. The molecule has 0 N–H and O–H groups in total. The van der Waals surface area contributed by atoms with Gasteiger partial charge in [0.2, 0.25) is 0 Å². The lowest BCUT2D eigenvalue weighted by atomic mass is 10.0. The van der Waals surface area contributed by atoms with Crippen molar-refractivity contribution in [2.75, 3.05) is 24.7 Å². The lowest BCUT2D eigenvalue weighted by molar-refractivity contribution is 0.0643. The summed E-state index contributed by atoms with van der Waals surface area (Å²) < 4.78 is 6.48. The van der Waals surface area contributed by atoms with Gasteiger partial charge in [-0.3, -0.25) is 0 Å². The van der Waals surface area contributed by atoms with Gasteiger partial charge in [0, 0.05) is 11.0 Å². The van der Waals surface area contributed by atoms with Gasteiger partial charge in [0.25, 0.3) is 0 Å². The van der Waals surface area contributed by atoms with Gasteiger partial charge in [-0.2, -0.15) is 5.26 Å². The number of hydrogen-bond donors (Lipinski definition) is 0. The molecule has 0 radical (unpaired) electrons. The van der Waals surface area contributed by atoms with Crippen LogP contribution in [-0.2, 0) is 4.74 Å². The smallest absolute Gasteiger partial charge is 0.0992 e. The highest BCUT2D eigenvalue weighted by atomic mass is 79.9. The fraction of sp³-hybridized carbons (Fsp3) is 0.462. The summed E-state index contributed by atoms with van der Waals surface area (Å²) in [6, 6.07) is 7.86. The molecule has 4 heteroatoms. The second-order valence-electron chi connectivity index (χ2n) is 4.79. The molecule has 1 heterocycles. The van der Waals surface area contributed by atoms with Crippen molar-refractivity contribution in [3.8, 4) is 6.07 Å². The molecule has 0 atom stereocenters. The lowest BCUT2D eigenvalue weighted by Crippen LogP contribution is -2.53. The quantitative estimate of drug-likeness (QED) is 0.799. The molecule has 0 bridgehead atoms. The zero-order valence-electron chi connectivity index (χ0n) is 10.0. The second-order valence-corrected chi connectivity index (χ2v) is 5.65. The third-order valence-corrected chi connectivity index (χ3v) is 3.65. The number of nitriles is 1. The fourth-order valence-corrected chi connectivity index (χ4v) is 2.69. The van der Waals surface area contributed by atoms with Gasteiger partial charge in [0.1, 0.15) is 0 Å². The lowest BCUT2D eigenvalue weighted by Gasteiger charge is -2.44. The molecule has 0 aliphatic carbocycles. The molecular formula is C13H15BrN2O. The molecule has 1 aliphatic rings. The van der Waals surface area contributed by atoms with E-state index in [1.807, 2.05) is 18.2 Å². The Morgan fingerprint density at radius 2 is 2.24 bits per heavy atom. The predicted molar refractivity (Wildman–Crippen MR) is 71.1 cm³/mol. The van der Waals surface area contributed by atoms with E-state index in [0.29, 0.717) is 5.56 Å². The molecule has 1 fully saturated rings. The van der Waals surface area contributed by atoms with Crippen LogP contribution in [0.2, 0.25) is 0 Å².